The largest absolute Gasteiger partial charge is 0.465 e. The molecule has 0 spiro atoms. The van der Waals surface area contributed by atoms with Crippen molar-refractivity contribution in [1.82, 2.24) is 0 Å². The number of benzene rings is 1. The van der Waals surface area contributed by atoms with Crippen LogP contribution in [0.3, 0.4) is 0 Å². The van der Waals surface area contributed by atoms with E-state index in [0.29, 0.717) is 22.2 Å². The fraction of sp³-hybridized carbons (Fsp3) is 0.368. The predicted molar refractivity (Wildman–Crippen MR) is 108 cm³/mol. The summed E-state index contributed by atoms with van der Waals surface area (Å²) in [5.41, 5.74) is 1.17. The van der Waals surface area contributed by atoms with Gasteiger partial charge in [0.25, 0.3) is 0 Å². The van der Waals surface area contributed by atoms with Gasteiger partial charge in [0, 0.05) is 10.6 Å². The van der Waals surface area contributed by atoms with Crippen molar-refractivity contribution < 1.29 is 22.7 Å². The van der Waals surface area contributed by atoms with Gasteiger partial charge in [-0.05, 0) is 67.2 Å². The summed E-state index contributed by atoms with van der Waals surface area (Å²) in [6.07, 6.45) is -1.69. The Morgan fingerprint density at radius 3 is 2.54 bits per heavy atom. The van der Waals surface area contributed by atoms with Gasteiger partial charge in [-0.25, -0.2) is 4.79 Å². The molecule has 0 amide bonds. The van der Waals surface area contributed by atoms with Crippen molar-refractivity contribution in [1.29, 1.82) is 0 Å². The lowest BCUT2D eigenvalue weighted by atomic mass is 9.88. The summed E-state index contributed by atoms with van der Waals surface area (Å²) in [7, 11) is 1.33. The number of carbonyl (C=O) groups is 1. The van der Waals surface area contributed by atoms with Crippen LogP contribution in [-0.2, 0) is 23.8 Å². The first kappa shape index (κ1) is 20.6. The summed E-state index contributed by atoms with van der Waals surface area (Å²) in [5, 5.41) is 6.64. The third kappa shape index (κ3) is 4.47. The lowest BCUT2D eigenvalue weighted by Gasteiger charge is -2.18. The molecule has 0 bridgehead atoms. The van der Waals surface area contributed by atoms with Gasteiger partial charge in [-0.1, -0.05) is 6.92 Å². The quantitative estimate of drug-likeness (QED) is 0.500. The Kier molecular flexibility index (Phi) is 5.95. The van der Waals surface area contributed by atoms with Gasteiger partial charge in [0.1, 0.15) is 5.00 Å². The average Bonchev–Trinajstić information content (AvgIpc) is 2.97. The second-order valence-corrected chi connectivity index (χ2v) is 8.22. The Bertz CT molecular complexity index is 892. The van der Waals surface area contributed by atoms with Crippen molar-refractivity contribution in [2.24, 2.45) is 5.92 Å². The molecule has 9 heteroatoms. The number of esters is 1. The first-order chi connectivity index (χ1) is 13.2. The molecule has 3 rings (SSSR count). The molecule has 1 aromatic heterocycles. The molecular formula is C19H19F3N2O2S2. The first-order valence-corrected chi connectivity index (χ1v) is 9.89. The molecule has 28 heavy (non-hydrogen) atoms. The molecule has 1 heterocycles. The van der Waals surface area contributed by atoms with Gasteiger partial charge in [-0.15, -0.1) is 11.3 Å². The summed E-state index contributed by atoms with van der Waals surface area (Å²) in [6.45, 7) is 2.17. The second-order valence-electron chi connectivity index (χ2n) is 6.70. The number of anilines is 2. The lowest BCUT2D eigenvalue weighted by Crippen LogP contribution is -2.20. The van der Waals surface area contributed by atoms with Crippen LogP contribution in [-0.4, -0.2) is 18.2 Å². The molecule has 2 N–H and O–H groups in total. The van der Waals surface area contributed by atoms with Crippen LogP contribution in [0.5, 0.6) is 0 Å². The fourth-order valence-corrected chi connectivity index (χ4v) is 4.85. The fourth-order valence-electron chi connectivity index (χ4n) is 3.16. The number of thiophene rings is 1. The third-order valence-electron chi connectivity index (χ3n) is 4.60. The number of carbonyl (C=O) groups excluding carboxylic acids is 1. The number of rotatable bonds is 3. The monoisotopic (exact) mass is 428 g/mol. The van der Waals surface area contributed by atoms with E-state index in [4.69, 9.17) is 17.0 Å². The molecule has 0 saturated heterocycles. The minimum Gasteiger partial charge on any atom is -0.465 e. The van der Waals surface area contributed by atoms with Gasteiger partial charge in [-0.2, -0.15) is 13.2 Å². The van der Waals surface area contributed by atoms with Crippen molar-refractivity contribution >= 4 is 45.3 Å². The minimum absolute atomic E-state index is 0.191. The molecule has 0 radical (unpaired) electrons. The highest BCUT2D eigenvalue weighted by molar-refractivity contribution is 7.80. The SMILES string of the molecule is COC(=O)c1c(NC(=S)Nc2ccc(C(F)(F)F)cc2)sc2c1CCC(C)C2. The van der Waals surface area contributed by atoms with Crippen LogP contribution in [0.2, 0.25) is 0 Å². The Morgan fingerprint density at radius 2 is 1.93 bits per heavy atom. The van der Waals surface area contributed by atoms with E-state index in [1.807, 2.05) is 0 Å². The summed E-state index contributed by atoms with van der Waals surface area (Å²) in [4.78, 5) is 13.4. The van der Waals surface area contributed by atoms with Gasteiger partial charge in [0.2, 0.25) is 0 Å². The summed E-state index contributed by atoms with van der Waals surface area (Å²) in [5.74, 6) is 0.119. The summed E-state index contributed by atoms with van der Waals surface area (Å²) in [6, 6.07) is 4.57. The molecule has 0 fully saturated rings. The molecule has 1 aliphatic rings. The van der Waals surface area contributed by atoms with Crippen molar-refractivity contribution in [3.63, 3.8) is 0 Å². The van der Waals surface area contributed by atoms with Crippen molar-refractivity contribution in [2.75, 3.05) is 17.7 Å². The Hall–Kier alpha value is -2.13. The number of methoxy groups -OCH3 is 1. The van der Waals surface area contributed by atoms with Gasteiger partial charge >= 0.3 is 12.1 Å². The van der Waals surface area contributed by atoms with E-state index < -0.39 is 17.7 Å². The molecule has 2 aromatic rings. The van der Waals surface area contributed by atoms with E-state index in [2.05, 4.69) is 17.6 Å². The molecule has 1 atom stereocenters. The van der Waals surface area contributed by atoms with Crippen LogP contribution in [0, 0.1) is 5.92 Å². The first-order valence-electron chi connectivity index (χ1n) is 8.67. The van der Waals surface area contributed by atoms with E-state index in [1.54, 1.807) is 0 Å². The molecular weight excluding hydrogens is 409 g/mol. The number of hydrogen-bond donors (Lipinski definition) is 2. The molecule has 1 aromatic carbocycles. The maximum absolute atomic E-state index is 12.7. The van der Waals surface area contributed by atoms with E-state index in [-0.39, 0.29) is 5.11 Å². The molecule has 0 saturated carbocycles. The van der Waals surface area contributed by atoms with Gasteiger partial charge in [-0.3, -0.25) is 0 Å². The van der Waals surface area contributed by atoms with E-state index in [1.165, 1.54) is 30.6 Å². The zero-order valence-electron chi connectivity index (χ0n) is 15.3. The maximum Gasteiger partial charge on any atom is 0.416 e. The van der Waals surface area contributed by atoms with Crippen LogP contribution >= 0.6 is 23.6 Å². The average molecular weight is 429 g/mol. The van der Waals surface area contributed by atoms with Crippen molar-refractivity contribution in [3.8, 4) is 0 Å². The number of ether oxygens (including phenoxy) is 1. The maximum atomic E-state index is 12.7. The number of nitrogens with one attached hydrogen (secondary N) is 2. The molecule has 1 aliphatic carbocycles. The highest BCUT2D eigenvalue weighted by atomic mass is 32.1. The molecule has 1 unspecified atom stereocenters. The minimum atomic E-state index is -4.39. The topological polar surface area (TPSA) is 50.4 Å². The van der Waals surface area contributed by atoms with Gasteiger partial charge < -0.3 is 15.4 Å². The number of thiocarbonyl (C=S) groups is 1. The second kappa shape index (κ2) is 8.08. The zero-order chi connectivity index (χ0) is 20.5. The number of alkyl halides is 3. The van der Waals surface area contributed by atoms with E-state index in [9.17, 15) is 18.0 Å². The predicted octanol–water partition coefficient (Wildman–Crippen LogP) is 5.49. The Labute approximate surface area is 170 Å². The number of fused-ring (bicyclic) bond motifs is 1. The smallest absolute Gasteiger partial charge is 0.416 e. The Morgan fingerprint density at radius 1 is 1.25 bits per heavy atom. The van der Waals surface area contributed by atoms with Gasteiger partial charge in [0.15, 0.2) is 5.11 Å². The van der Waals surface area contributed by atoms with Crippen LogP contribution in [0.4, 0.5) is 23.9 Å². The normalized spacial score (nSPS) is 16.2. The number of halogens is 3. The lowest BCUT2D eigenvalue weighted by molar-refractivity contribution is -0.137. The highest BCUT2D eigenvalue weighted by Crippen LogP contribution is 2.40. The van der Waals surface area contributed by atoms with E-state index in [0.717, 1.165) is 41.8 Å². The van der Waals surface area contributed by atoms with Crippen LogP contribution < -0.4 is 10.6 Å². The molecule has 4 nitrogen and oxygen atoms in total. The molecule has 150 valence electrons. The van der Waals surface area contributed by atoms with Crippen LogP contribution in [0.1, 0.15) is 39.7 Å². The number of hydrogen-bond acceptors (Lipinski definition) is 4. The van der Waals surface area contributed by atoms with Crippen LogP contribution in [0.25, 0.3) is 0 Å². The Balaban J connectivity index is 1.77. The van der Waals surface area contributed by atoms with Crippen LogP contribution in [0.15, 0.2) is 24.3 Å². The highest BCUT2D eigenvalue weighted by Gasteiger charge is 2.30. The summed E-state index contributed by atoms with van der Waals surface area (Å²) >= 11 is 6.75. The van der Waals surface area contributed by atoms with Crippen molar-refractivity contribution in [2.45, 2.75) is 32.4 Å². The standard InChI is InChI=1S/C19H19F3N2O2S2/c1-10-3-8-13-14(9-10)28-16(15(13)17(25)26-2)24-18(27)23-12-6-4-11(5-7-12)19(20,21)22/h4-7,10H,3,8-9H2,1-2H3,(H2,23,24,27). The van der Waals surface area contributed by atoms with E-state index >= 15 is 0 Å². The third-order valence-corrected chi connectivity index (χ3v) is 5.97. The molecule has 0 aliphatic heterocycles. The van der Waals surface area contributed by atoms with Gasteiger partial charge in [0.05, 0.1) is 18.2 Å². The zero-order valence-corrected chi connectivity index (χ0v) is 16.9. The summed E-state index contributed by atoms with van der Waals surface area (Å²) < 4.78 is 42.9. The van der Waals surface area contributed by atoms with Crippen molar-refractivity contribution in [3.05, 3.63) is 45.8 Å².